The van der Waals surface area contributed by atoms with Crippen molar-refractivity contribution in [2.75, 3.05) is 40.1 Å². The summed E-state index contributed by atoms with van der Waals surface area (Å²) in [5.74, 6) is 0.718. The number of thioether (sulfide) groups is 1. The summed E-state index contributed by atoms with van der Waals surface area (Å²) >= 11 is 1.44. The van der Waals surface area contributed by atoms with Crippen molar-refractivity contribution >= 4 is 23.6 Å². The second-order valence-electron chi connectivity index (χ2n) is 14.3. The number of phenolic OH excluding ortho intramolecular Hbond substituents is 1. The Labute approximate surface area is 338 Å². The number of fused-ring (bicyclic) bond motifs is 9. The zero-order valence-electron chi connectivity index (χ0n) is 30.0. The number of carbonyl (C=O) groups is 2. The molecule has 1 amide bonds. The largest absolute Gasteiger partial charge is 0.507 e. The number of piperazine rings is 1. The molecule has 4 bridgehead atoms. The summed E-state index contributed by atoms with van der Waals surface area (Å²) in [6.07, 6.45) is 0.604. The topological polar surface area (TPSA) is 169 Å². The monoisotopic (exact) mass is 934 g/mol. The number of nitriles is 1. The van der Waals surface area contributed by atoms with Gasteiger partial charge < -0.3 is 39.8 Å². The standard InChI is InChI=1S/C36H45N5O8S.Ac/c1-15(2)27(38)35(43)39-20-12-50-34-26-25(33-32(48-14-49-33)18(5)30(26)42)23(11-46-36(20)44)41-22(10-37)21-9-19-8-16(3)17(4)31(47-13-45-7)24(19)28(29(34)41)40(21)6;/h8,15,20-23,27-29,34,42H,9,11-14,38H2,1-7H3,(H,39,43);/t20?,21-,22-,23+,27?,28+,29?,34+;/m0./s1. The number of nitrogens with zero attached hydrogens (tertiary/aromatic N) is 3. The Morgan fingerprint density at radius 3 is 2.59 bits per heavy atom. The summed E-state index contributed by atoms with van der Waals surface area (Å²) in [7, 11) is 3.64. The summed E-state index contributed by atoms with van der Waals surface area (Å²) < 4.78 is 29.8. The van der Waals surface area contributed by atoms with Crippen molar-refractivity contribution in [3.8, 4) is 29.1 Å². The number of benzene rings is 2. The number of hydrogen-bond donors (Lipinski definition) is 3. The summed E-state index contributed by atoms with van der Waals surface area (Å²) in [5, 5.41) is 25.4. The van der Waals surface area contributed by atoms with E-state index in [1.165, 1.54) is 11.8 Å². The van der Waals surface area contributed by atoms with Crippen molar-refractivity contribution in [1.29, 1.82) is 5.26 Å². The molecule has 0 saturated carbocycles. The molecule has 0 aromatic heterocycles. The van der Waals surface area contributed by atoms with Crippen molar-refractivity contribution in [1.82, 2.24) is 15.1 Å². The third kappa shape index (κ3) is 6.11. The number of ether oxygens (including phenoxy) is 5. The molecule has 271 valence electrons. The van der Waals surface area contributed by atoms with E-state index in [1.807, 2.05) is 20.8 Å². The maximum Gasteiger partial charge on any atom is 0.329 e. The predicted octanol–water partition coefficient (Wildman–Crippen LogP) is 3.06. The maximum absolute atomic E-state index is 13.7. The minimum absolute atomic E-state index is 0. The average molecular weight is 935 g/mol. The van der Waals surface area contributed by atoms with Gasteiger partial charge in [0.25, 0.3) is 0 Å². The molecule has 15 heteroatoms. The Hall–Kier alpha value is -2.30. The van der Waals surface area contributed by atoms with E-state index in [1.54, 1.807) is 14.0 Å². The SMILES string of the molecule is COCOc1c(C)c(C)cc2c1[C@@H]1C3[C@@H]4SCC(NC(=O)C(N)C(C)C)C(=O)OC[C@H](c5c6c(c(C)c(O)c54)OCO6)N3[C@@H](C#N)[C@H](C2)N1C.[Ac]. The van der Waals surface area contributed by atoms with Crippen molar-refractivity contribution in [3.05, 3.63) is 45.0 Å². The predicted molar refractivity (Wildman–Crippen MR) is 184 cm³/mol. The van der Waals surface area contributed by atoms with Crippen molar-refractivity contribution < 1.29 is 82.4 Å². The van der Waals surface area contributed by atoms with Gasteiger partial charge in [-0.3, -0.25) is 14.6 Å². The van der Waals surface area contributed by atoms with E-state index in [0.717, 1.165) is 28.0 Å². The van der Waals surface area contributed by atoms with E-state index >= 15 is 0 Å². The van der Waals surface area contributed by atoms with Crippen LogP contribution in [0.1, 0.15) is 70.1 Å². The second kappa shape index (κ2) is 14.9. The molecule has 5 aliphatic heterocycles. The van der Waals surface area contributed by atoms with Crippen molar-refractivity contribution in [2.45, 2.75) is 88.6 Å². The molecule has 2 saturated heterocycles. The molecular weight excluding hydrogens is 889 g/mol. The van der Waals surface area contributed by atoms with Gasteiger partial charge in [0.05, 0.1) is 29.4 Å². The number of rotatable bonds is 6. The quantitative estimate of drug-likeness (QED) is 0.286. The summed E-state index contributed by atoms with van der Waals surface area (Å²) in [5.41, 5.74) is 12.2. The molecule has 5 heterocycles. The third-order valence-electron chi connectivity index (χ3n) is 11.2. The number of cyclic esters (lactones) is 1. The number of phenols is 1. The third-order valence-corrected chi connectivity index (χ3v) is 12.6. The summed E-state index contributed by atoms with van der Waals surface area (Å²) in [6.45, 7) is 9.49. The van der Waals surface area contributed by atoms with Crippen LogP contribution in [0.3, 0.4) is 0 Å². The number of aryl methyl sites for hydroxylation is 1. The molecule has 2 aromatic carbocycles. The van der Waals surface area contributed by atoms with Gasteiger partial charge in [0.15, 0.2) is 18.3 Å². The van der Waals surface area contributed by atoms with E-state index in [2.05, 4.69) is 41.2 Å². The molecule has 0 spiro atoms. The van der Waals surface area contributed by atoms with E-state index in [0.29, 0.717) is 34.6 Å². The minimum atomic E-state index is -0.990. The molecule has 1 radical (unpaired) electrons. The van der Waals surface area contributed by atoms with Gasteiger partial charge in [0.2, 0.25) is 12.7 Å². The number of likely N-dealkylation sites (N-methyl/N-ethyl adjacent to an activating group) is 1. The summed E-state index contributed by atoms with van der Waals surface area (Å²) in [4.78, 5) is 31.3. The molecule has 2 aromatic rings. The van der Waals surface area contributed by atoms with Crippen LogP contribution in [0.5, 0.6) is 23.0 Å². The van der Waals surface area contributed by atoms with E-state index in [9.17, 15) is 20.0 Å². The second-order valence-corrected chi connectivity index (χ2v) is 15.4. The first kappa shape index (κ1) is 38.4. The molecule has 4 N–H and O–H groups in total. The number of nitrogens with two attached hydrogens (primary N) is 1. The molecule has 7 rings (SSSR count). The van der Waals surface area contributed by atoms with Crippen LogP contribution in [-0.4, -0.2) is 97.1 Å². The normalized spacial score (nSPS) is 28.4. The fourth-order valence-corrected chi connectivity index (χ4v) is 10.0. The number of amides is 1. The molecule has 51 heavy (non-hydrogen) atoms. The molecule has 8 atom stereocenters. The Kier molecular flexibility index (Phi) is 11.2. The first-order valence-corrected chi connectivity index (χ1v) is 18.1. The fourth-order valence-electron chi connectivity index (χ4n) is 8.53. The van der Waals surface area contributed by atoms with Crippen LogP contribution in [0.15, 0.2) is 6.07 Å². The van der Waals surface area contributed by atoms with E-state index < -0.39 is 47.3 Å². The minimum Gasteiger partial charge on any atom is -0.507 e. The average Bonchev–Trinajstić information content (AvgIpc) is 3.58. The zero-order valence-corrected chi connectivity index (χ0v) is 35.6. The Bertz CT molecular complexity index is 1790. The van der Waals surface area contributed by atoms with Gasteiger partial charge in [-0.25, -0.2) is 4.79 Å². The molecule has 0 aliphatic carbocycles. The maximum atomic E-state index is 13.7. The number of carbonyl (C=O) groups excluding carboxylic acids is 2. The first-order chi connectivity index (χ1) is 23.9. The van der Waals surface area contributed by atoms with E-state index in [4.69, 9.17) is 29.4 Å². The van der Waals surface area contributed by atoms with Gasteiger partial charge in [-0.15, -0.1) is 11.8 Å². The van der Waals surface area contributed by atoms with Gasteiger partial charge in [-0.1, -0.05) is 19.9 Å². The number of methoxy groups -OCH3 is 1. The van der Waals surface area contributed by atoms with Crippen molar-refractivity contribution in [2.24, 2.45) is 11.7 Å². The van der Waals surface area contributed by atoms with Crippen LogP contribution in [-0.2, 0) is 25.5 Å². The van der Waals surface area contributed by atoms with Crippen LogP contribution >= 0.6 is 11.8 Å². The van der Waals surface area contributed by atoms with Crippen LogP contribution in [0.25, 0.3) is 0 Å². The van der Waals surface area contributed by atoms with Crippen LogP contribution in [0.2, 0.25) is 0 Å². The molecule has 3 unspecified atom stereocenters. The van der Waals surface area contributed by atoms with Crippen LogP contribution < -0.4 is 25.3 Å². The Morgan fingerprint density at radius 2 is 1.90 bits per heavy atom. The van der Waals surface area contributed by atoms with Crippen molar-refractivity contribution in [3.63, 3.8) is 0 Å². The van der Waals surface area contributed by atoms with Crippen LogP contribution in [0.4, 0.5) is 0 Å². The number of esters is 1. The first-order valence-electron chi connectivity index (χ1n) is 17.0. The number of nitrogens with one attached hydrogen (secondary N) is 1. The van der Waals surface area contributed by atoms with Gasteiger partial charge in [-0.2, -0.15) is 5.26 Å². The molecule has 5 aliphatic rings. The fraction of sp³-hybridized carbons (Fsp3) is 0.583. The Morgan fingerprint density at radius 1 is 1.18 bits per heavy atom. The van der Waals surface area contributed by atoms with E-state index in [-0.39, 0.29) is 93.8 Å². The summed E-state index contributed by atoms with van der Waals surface area (Å²) in [6, 6.07) is 0.844. The van der Waals surface area contributed by atoms with Gasteiger partial charge in [0.1, 0.15) is 30.2 Å². The molecular formula is C36H45AcN5O8S. The van der Waals surface area contributed by atoms with Gasteiger partial charge in [-0.05, 0) is 56.8 Å². The number of hydrogen-bond acceptors (Lipinski definition) is 13. The number of aromatic hydroxyl groups is 1. The van der Waals surface area contributed by atoms with Crippen LogP contribution in [0, 0.1) is 82.1 Å². The van der Waals surface area contributed by atoms with Gasteiger partial charge in [0, 0.05) is 91.3 Å². The zero-order chi connectivity index (χ0) is 35.8. The molecule has 2 fully saturated rings. The Balaban J connectivity index is 0.00000448. The smallest absolute Gasteiger partial charge is 0.329 e. The molecule has 13 nitrogen and oxygen atoms in total. The van der Waals surface area contributed by atoms with Gasteiger partial charge >= 0.3 is 5.97 Å².